The highest BCUT2D eigenvalue weighted by Gasteiger charge is 2.29. The first-order valence-corrected chi connectivity index (χ1v) is 13.4. The predicted molar refractivity (Wildman–Crippen MR) is 135 cm³/mol. The molecule has 0 aliphatic carbocycles. The SMILES string of the molecule is CC(C1CCN(c2c(S(C)(=O)=O)cnc3ccc(-c4ccc(O)c(Cl)c4)cc23)CC1)N(C)C. The summed E-state index contributed by atoms with van der Waals surface area (Å²) in [7, 11) is 0.733. The highest BCUT2D eigenvalue weighted by atomic mass is 35.5. The van der Waals surface area contributed by atoms with Gasteiger partial charge in [0.1, 0.15) is 10.6 Å². The fraction of sp³-hybridized carbons (Fsp3) is 0.400. The Balaban J connectivity index is 1.81. The summed E-state index contributed by atoms with van der Waals surface area (Å²) in [4.78, 5) is 9.17. The zero-order valence-corrected chi connectivity index (χ0v) is 21.0. The fourth-order valence-electron chi connectivity index (χ4n) is 4.65. The van der Waals surface area contributed by atoms with Gasteiger partial charge in [0, 0.05) is 37.0 Å². The number of aromatic hydroxyl groups is 1. The molecule has 2 aromatic carbocycles. The van der Waals surface area contributed by atoms with Gasteiger partial charge in [-0.2, -0.15) is 0 Å². The summed E-state index contributed by atoms with van der Waals surface area (Å²) < 4.78 is 25.4. The number of benzene rings is 2. The zero-order valence-electron chi connectivity index (χ0n) is 19.4. The Bertz CT molecular complexity index is 1290. The molecule has 33 heavy (non-hydrogen) atoms. The molecule has 1 aliphatic rings. The number of hydrogen-bond acceptors (Lipinski definition) is 6. The number of nitrogens with zero attached hydrogens (tertiary/aromatic N) is 3. The van der Waals surface area contributed by atoms with Gasteiger partial charge in [0.05, 0.1) is 16.2 Å². The van der Waals surface area contributed by atoms with Crippen molar-refractivity contribution in [2.24, 2.45) is 5.92 Å². The van der Waals surface area contributed by atoms with Crippen molar-refractivity contribution in [1.82, 2.24) is 9.88 Å². The molecule has 0 amide bonds. The fourth-order valence-corrected chi connectivity index (χ4v) is 5.67. The quantitative estimate of drug-likeness (QED) is 0.555. The number of hydrogen-bond donors (Lipinski definition) is 1. The number of anilines is 1. The van der Waals surface area contributed by atoms with Crippen LogP contribution in [0.1, 0.15) is 19.8 Å². The molecule has 0 saturated carbocycles. The van der Waals surface area contributed by atoms with Crippen LogP contribution >= 0.6 is 11.6 Å². The molecular formula is C25H30ClN3O3S. The van der Waals surface area contributed by atoms with Gasteiger partial charge in [0.2, 0.25) is 0 Å². The van der Waals surface area contributed by atoms with E-state index in [9.17, 15) is 13.5 Å². The number of rotatable bonds is 5. The standard InChI is InChI=1S/C25H30ClN3O3S/c1-16(28(2)3)17-9-11-29(12-10-17)25-20-13-18(19-6-8-23(30)21(26)14-19)5-7-22(20)27-15-24(25)33(4,31)32/h5-8,13-17,30H,9-12H2,1-4H3. The zero-order chi connectivity index (χ0) is 23.9. The lowest BCUT2D eigenvalue weighted by molar-refractivity contribution is 0.199. The van der Waals surface area contributed by atoms with Gasteiger partial charge in [-0.1, -0.05) is 23.7 Å². The summed E-state index contributed by atoms with van der Waals surface area (Å²) in [6.07, 6.45) is 4.72. The third-order valence-electron chi connectivity index (χ3n) is 6.84. The van der Waals surface area contributed by atoms with E-state index in [1.165, 1.54) is 12.5 Å². The first-order valence-electron chi connectivity index (χ1n) is 11.1. The molecule has 1 unspecified atom stereocenters. The number of halogens is 1. The maximum Gasteiger partial charge on any atom is 0.179 e. The van der Waals surface area contributed by atoms with Gasteiger partial charge >= 0.3 is 0 Å². The summed E-state index contributed by atoms with van der Waals surface area (Å²) in [5, 5.41) is 10.9. The molecule has 176 valence electrons. The smallest absolute Gasteiger partial charge is 0.179 e. The Morgan fingerprint density at radius 3 is 2.36 bits per heavy atom. The number of piperidine rings is 1. The normalized spacial score (nSPS) is 16.5. The molecule has 0 spiro atoms. The van der Waals surface area contributed by atoms with E-state index in [0.717, 1.165) is 53.6 Å². The average Bonchev–Trinajstić information content (AvgIpc) is 2.78. The summed E-state index contributed by atoms with van der Waals surface area (Å²) in [6, 6.07) is 11.4. The first-order chi connectivity index (χ1) is 15.6. The second-order valence-corrected chi connectivity index (χ2v) is 11.6. The summed E-state index contributed by atoms with van der Waals surface area (Å²) in [6.45, 7) is 3.83. The van der Waals surface area contributed by atoms with Crippen molar-refractivity contribution >= 4 is 38.0 Å². The summed E-state index contributed by atoms with van der Waals surface area (Å²) in [5.74, 6) is 0.596. The Morgan fingerprint density at radius 2 is 1.76 bits per heavy atom. The van der Waals surface area contributed by atoms with E-state index in [1.54, 1.807) is 18.2 Å². The monoisotopic (exact) mass is 487 g/mol. The molecule has 0 radical (unpaired) electrons. The lowest BCUT2D eigenvalue weighted by Crippen LogP contribution is -2.42. The highest BCUT2D eigenvalue weighted by molar-refractivity contribution is 7.90. The molecule has 1 N–H and O–H groups in total. The topological polar surface area (TPSA) is 73.7 Å². The van der Waals surface area contributed by atoms with Crippen molar-refractivity contribution in [3.8, 4) is 16.9 Å². The molecule has 1 aromatic heterocycles. The van der Waals surface area contributed by atoms with Crippen LogP contribution in [0.2, 0.25) is 5.02 Å². The molecule has 4 rings (SSSR count). The molecule has 2 heterocycles. The maximum absolute atomic E-state index is 12.7. The van der Waals surface area contributed by atoms with Crippen LogP contribution in [0, 0.1) is 5.92 Å². The van der Waals surface area contributed by atoms with E-state index in [0.29, 0.717) is 12.0 Å². The van der Waals surface area contributed by atoms with E-state index in [1.807, 2.05) is 18.2 Å². The van der Waals surface area contributed by atoms with Gasteiger partial charge < -0.3 is 14.9 Å². The van der Waals surface area contributed by atoms with Gasteiger partial charge in [0.25, 0.3) is 0 Å². The molecular weight excluding hydrogens is 458 g/mol. The second kappa shape index (κ2) is 9.12. The van der Waals surface area contributed by atoms with Crippen LogP contribution in [0.4, 0.5) is 5.69 Å². The van der Waals surface area contributed by atoms with Crippen molar-refractivity contribution < 1.29 is 13.5 Å². The lowest BCUT2D eigenvalue weighted by atomic mass is 9.89. The van der Waals surface area contributed by atoms with Crippen LogP contribution in [-0.4, -0.2) is 62.9 Å². The van der Waals surface area contributed by atoms with E-state index < -0.39 is 9.84 Å². The van der Waals surface area contributed by atoms with Crippen LogP contribution in [0.3, 0.4) is 0 Å². The lowest BCUT2D eigenvalue weighted by Gasteiger charge is -2.39. The Morgan fingerprint density at radius 1 is 1.12 bits per heavy atom. The van der Waals surface area contributed by atoms with E-state index in [-0.39, 0.29) is 15.7 Å². The molecule has 8 heteroatoms. The predicted octanol–water partition coefficient (Wildman–Crippen LogP) is 4.83. The molecule has 1 atom stereocenters. The molecule has 6 nitrogen and oxygen atoms in total. The number of aromatic nitrogens is 1. The molecule has 1 saturated heterocycles. The van der Waals surface area contributed by atoms with Crippen molar-refractivity contribution in [3.63, 3.8) is 0 Å². The number of phenols is 1. The molecule has 3 aromatic rings. The minimum atomic E-state index is -3.47. The minimum absolute atomic E-state index is 0.0257. The van der Waals surface area contributed by atoms with Gasteiger partial charge in [-0.15, -0.1) is 0 Å². The highest BCUT2D eigenvalue weighted by Crippen LogP contribution is 2.38. The summed E-state index contributed by atoms with van der Waals surface area (Å²) >= 11 is 6.13. The Kier molecular flexibility index (Phi) is 6.58. The third-order valence-corrected chi connectivity index (χ3v) is 8.24. The van der Waals surface area contributed by atoms with Gasteiger partial charge in [-0.25, -0.2) is 8.42 Å². The Labute approximate surface area is 200 Å². The van der Waals surface area contributed by atoms with Crippen LogP contribution in [0.5, 0.6) is 5.75 Å². The van der Waals surface area contributed by atoms with Crippen molar-refractivity contribution in [1.29, 1.82) is 0 Å². The third kappa shape index (κ3) is 4.81. The van der Waals surface area contributed by atoms with Crippen molar-refractivity contribution in [2.75, 3.05) is 38.3 Å². The molecule has 0 bridgehead atoms. The molecule has 1 aliphatic heterocycles. The number of fused-ring (bicyclic) bond motifs is 1. The Hall–Kier alpha value is -2.35. The van der Waals surface area contributed by atoms with E-state index >= 15 is 0 Å². The van der Waals surface area contributed by atoms with Crippen molar-refractivity contribution in [2.45, 2.75) is 30.7 Å². The number of sulfone groups is 1. The summed E-state index contributed by atoms with van der Waals surface area (Å²) in [5.41, 5.74) is 3.20. The average molecular weight is 488 g/mol. The molecule has 1 fully saturated rings. The first kappa shape index (κ1) is 23.8. The van der Waals surface area contributed by atoms with E-state index in [2.05, 4.69) is 35.8 Å². The number of phenolic OH excluding ortho intramolecular Hbond substituents is 1. The number of pyridine rings is 1. The van der Waals surface area contributed by atoms with Gasteiger partial charge in [-0.05, 0) is 75.2 Å². The van der Waals surface area contributed by atoms with Crippen LogP contribution < -0.4 is 4.90 Å². The van der Waals surface area contributed by atoms with Crippen LogP contribution in [0.25, 0.3) is 22.0 Å². The minimum Gasteiger partial charge on any atom is -0.506 e. The van der Waals surface area contributed by atoms with Crippen molar-refractivity contribution in [3.05, 3.63) is 47.6 Å². The van der Waals surface area contributed by atoms with Crippen LogP contribution in [0.15, 0.2) is 47.5 Å². The van der Waals surface area contributed by atoms with Gasteiger partial charge in [-0.3, -0.25) is 4.98 Å². The van der Waals surface area contributed by atoms with Gasteiger partial charge in [0.15, 0.2) is 9.84 Å². The maximum atomic E-state index is 12.7. The second-order valence-electron chi connectivity index (χ2n) is 9.17. The van der Waals surface area contributed by atoms with Crippen LogP contribution in [-0.2, 0) is 9.84 Å². The van der Waals surface area contributed by atoms with E-state index in [4.69, 9.17) is 11.6 Å². The largest absolute Gasteiger partial charge is 0.506 e.